The normalized spacial score (nSPS) is 30.9. The van der Waals surface area contributed by atoms with Gasteiger partial charge in [0.2, 0.25) is 0 Å². The van der Waals surface area contributed by atoms with Crippen molar-refractivity contribution in [1.29, 1.82) is 0 Å². The van der Waals surface area contributed by atoms with Crippen molar-refractivity contribution in [1.82, 2.24) is 0 Å². The highest BCUT2D eigenvalue weighted by Gasteiger charge is 2.49. The average molecular weight is 242 g/mol. The molecular formula is C12H18O5. The summed E-state index contributed by atoms with van der Waals surface area (Å²) in [5.74, 6) is -0.703. The first-order valence-corrected chi connectivity index (χ1v) is 5.93. The first-order chi connectivity index (χ1) is 8.19. The van der Waals surface area contributed by atoms with Crippen LogP contribution in [0, 0.1) is 11.8 Å². The van der Waals surface area contributed by atoms with Gasteiger partial charge >= 0.3 is 0 Å². The minimum atomic E-state index is -0.608. The Morgan fingerprint density at radius 2 is 2.12 bits per heavy atom. The molecule has 2 aliphatic rings. The van der Waals surface area contributed by atoms with E-state index in [0.29, 0.717) is 32.5 Å². The third-order valence-electron chi connectivity index (χ3n) is 3.51. The number of aldehydes is 1. The molecule has 1 saturated heterocycles. The van der Waals surface area contributed by atoms with Crippen molar-refractivity contribution in [3.63, 3.8) is 0 Å². The number of carbonyl (C=O) groups excluding carboxylic acids is 2. The maximum Gasteiger partial charge on any atom is 0.169 e. The molecule has 17 heavy (non-hydrogen) atoms. The molecule has 0 aromatic carbocycles. The van der Waals surface area contributed by atoms with E-state index in [0.717, 1.165) is 6.29 Å². The average Bonchev–Trinajstić information content (AvgIpc) is 2.87. The summed E-state index contributed by atoms with van der Waals surface area (Å²) in [6.07, 6.45) is 2.49. The number of hydrogen-bond donors (Lipinski definition) is 0. The summed E-state index contributed by atoms with van der Waals surface area (Å²) in [4.78, 5) is 22.6. The minimum Gasteiger partial charge on any atom is -0.377 e. The van der Waals surface area contributed by atoms with Crippen molar-refractivity contribution in [3.8, 4) is 0 Å². The topological polar surface area (TPSA) is 61.8 Å². The van der Waals surface area contributed by atoms with Crippen molar-refractivity contribution in [3.05, 3.63) is 0 Å². The molecule has 2 atom stereocenters. The molecule has 0 amide bonds. The number of carbonyl (C=O) groups is 2. The van der Waals surface area contributed by atoms with Crippen LogP contribution in [-0.4, -0.2) is 44.8 Å². The highest BCUT2D eigenvalue weighted by atomic mass is 16.7. The van der Waals surface area contributed by atoms with Gasteiger partial charge in [-0.3, -0.25) is 4.79 Å². The van der Waals surface area contributed by atoms with Crippen LogP contribution in [0.1, 0.15) is 19.3 Å². The van der Waals surface area contributed by atoms with E-state index in [9.17, 15) is 9.59 Å². The van der Waals surface area contributed by atoms with Gasteiger partial charge in [-0.15, -0.1) is 0 Å². The molecule has 5 heteroatoms. The van der Waals surface area contributed by atoms with Gasteiger partial charge in [-0.1, -0.05) is 0 Å². The molecule has 0 N–H and O–H groups in total. The first-order valence-electron chi connectivity index (χ1n) is 5.93. The molecule has 1 saturated carbocycles. The molecule has 96 valence electrons. The SMILES string of the molecule is COCC(=O)C[C@@H]1CC2(C[C@@H]1C=O)OCCO2. The van der Waals surface area contributed by atoms with E-state index in [1.54, 1.807) is 0 Å². The van der Waals surface area contributed by atoms with Crippen molar-refractivity contribution < 1.29 is 23.8 Å². The standard InChI is InChI=1S/C12H18O5/c1-15-8-11(14)4-9-5-12(6-10(9)7-13)16-2-3-17-12/h7,9-10H,2-6,8H2,1H3/t9-,10-/m1/s1. The number of ketones is 1. The van der Waals surface area contributed by atoms with Crippen LogP contribution >= 0.6 is 0 Å². The molecule has 0 aromatic rings. The van der Waals surface area contributed by atoms with E-state index in [-0.39, 0.29) is 24.2 Å². The van der Waals surface area contributed by atoms with E-state index in [2.05, 4.69) is 0 Å². The van der Waals surface area contributed by atoms with Gasteiger partial charge < -0.3 is 19.0 Å². The van der Waals surface area contributed by atoms with Crippen LogP contribution in [0.3, 0.4) is 0 Å². The smallest absolute Gasteiger partial charge is 0.169 e. The minimum absolute atomic E-state index is 0.0215. The molecule has 1 aliphatic heterocycles. The van der Waals surface area contributed by atoms with E-state index in [4.69, 9.17) is 14.2 Å². The summed E-state index contributed by atoms with van der Waals surface area (Å²) in [7, 11) is 1.49. The fourth-order valence-electron chi connectivity index (χ4n) is 2.79. The first kappa shape index (κ1) is 12.7. The number of ether oxygens (including phenoxy) is 3. The highest BCUT2D eigenvalue weighted by molar-refractivity contribution is 5.80. The fourth-order valence-corrected chi connectivity index (χ4v) is 2.79. The zero-order valence-electron chi connectivity index (χ0n) is 10.0. The number of rotatable bonds is 5. The molecule has 0 aromatic heterocycles. The Labute approximate surface area is 100 Å². The Bertz CT molecular complexity index is 295. The lowest BCUT2D eigenvalue weighted by Crippen LogP contribution is -2.26. The monoisotopic (exact) mass is 242 g/mol. The van der Waals surface area contributed by atoms with E-state index >= 15 is 0 Å². The van der Waals surface area contributed by atoms with Crippen LogP contribution in [0.25, 0.3) is 0 Å². The van der Waals surface area contributed by atoms with Crippen LogP contribution in [0.15, 0.2) is 0 Å². The molecule has 1 heterocycles. The van der Waals surface area contributed by atoms with Crippen molar-refractivity contribution >= 4 is 12.1 Å². The Morgan fingerprint density at radius 1 is 1.41 bits per heavy atom. The molecule has 2 fully saturated rings. The lowest BCUT2D eigenvalue weighted by atomic mass is 9.92. The second-order valence-corrected chi connectivity index (χ2v) is 4.75. The molecule has 1 spiro atoms. The predicted molar refractivity (Wildman–Crippen MR) is 58.4 cm³/mol. The van der Waals surface area contributed by atoms with Gasteiger partial charge in [0.25, 0.3) is 0 Å². The second kappa shape index (κ2) is 5.25. The van der Waals surface area contributed by atoms with Gasteiger partial charge in [0.1, 0.15) is 12.9 Å². The maximum absolute atomic E-state index is 11.5. The quantitative estimate of drug-likeness (QED) is 0.659. The molecule has 5 nitrogen and oxygen atoms in total. The molecule has 0 unspecified atom stereocenters. The van der Waals surface area contributed by atoms with Gasteiger partial charge in [0.05, 0.1) is 13.2 Å². The Balaban J connectivity index is 1.96. The summed E-state index contributed by atoms with van der Waals surface area (Å²) < 4.78 is 16.0. The predicted octanol–water partition coefficient (Wildman–Crippen LogP) is 0.560. The summed E-state index contributed by atoms with van der Waals surface area (Å²) in [5.41, 5.74) is 0. The van der Waals surface area contributed by atoms with E-state index in [1.165, 1.54) is 7.11 Å². The fraction of sp³-hybridized carbons (Fsp3) is 0.833. The van der Waals surface area contributed by atoms with Crippen LogP contribution in [0.2, 0.25) is 0 Å². The summed E-state index contributed by atoms with van der Waals surface area (Å²) >= 11 is 0. The lowest BCUT2D eigenvalue weighted by molar-refractivity contribution is -0.155. The van der Waals surface area contributed by atoms with Gasteiger partial charge in [-0.25, -0.2) is 0 Å². The zero-order valence-corrected chi connectivity index (χ0v) is 10.0. The van der Waals surface area contributed by atoms with Crippen LogP contribution < -0.4 is 0 Å². The number of hydrogen-bond acceptors (Lipinski definition) is 5. The van der Waals surface area contributed by atoms with Crippen molar-refractivity contribution in [2.24, 2.45) is 11.8 Å². The second-order valence-electron chi connectivity index (χ2n) is 4.75. The van der Waals surface area contributed by atoms with Crippen molar-refractivity contribution in [2.45, 2.75) is 25.0 Å². The third-order valence-corrected chi connectivity index (χ3v) is 3.51. The van der Waals surface area contributed by atoms with E-state index in [1.807, 2.05) is 0 Å². The zero-order chi connectivity index (χ0) is 12.3. The third kappa shape index (κ3) is 2.73. The number of Topliss-reactive ketones (excluding diaryl/α,β-unsaturated/α-hetero) is 1. The molecule has 1 aliphatic carbocycles. The summed E-state index contributed by atoms with van der Waals surface area (Å²) in [5, 5.41) is 0. The summed E-state index contributed by atoms with van der Waals surface area (Å²) in [6.45, 7) is 1.26. The molecule has 2 rings (SSSR count). The molecule has 0 radical (unpaired) electrons. The van der Waals surface area contributed by atoms with Gasteiger partial charge in [0, 0.05) is 32.3 Å². The summed E-state index contributed by atoms with van der Waals surface area (Å²) in [6, 6.07) is 0. The largest absolute Gasteiger partial charge is 0.377 e. The van der Waals surface area contributed by atoms with E-state index < -0.39 is 5.79 Å². The highest BCUT2D eigenvalue weighted by Crippen LogP contribution is 2.45. The van der Waals surface area contributed by atoms with Crippen LogP contribution in [0.4, 0.5) is 0 Å². The lowest BCUT2D eigenvalue weighted by Gasteiger charge is -2.21. The Hall–Kier alpha value is -0.780. The molecular weight excluding hydrogens is 224 g/mol. The maximum atomic E-state index is 11.5. The van der Waals surface area contributed by atoms with Gasteiger partial charge in [-0.2, -0.15) is 0 Å². The van der Waals surface area contributed by atoms with Crippen LogP contribution in [-0.2, 0) is 23.8 Å². The van der Waals surface area contributed by atoms with Crippen molar-refractivity contribution in [2.75, 3.05) is 26.9 Å². The molecule has 0 bridgehead atoms. The van der Waals surface area contributed by atoms with Crippen LogP contribution in [0.5, 0.6) is 0 Å². The Kier molecular flexibility index (Phi) is 3.91. The Morgan fingerprint density at radius 3 is 2.71 bits per heavy atom. The van der Waals surface area contributed by atoms with Gasteiger partial charge in [-0.05, 0) is 5.92 Å². The number of methoxy groups -OCH3 is 1. The van der Waals surface area contributed by atoms with Gasteiger partial charge in [0.15, 0.2) is 11.6 Å².